The maximum Gasteiger partial charge on any atom is 0.234 e. The van der Waals surface area contributed by atoms with Crippen LogP contribution in [0.15, 0.2) is 48.2 Å². The van der Waals surface area contributed by atoms with Gasteiger partial charge in [-0.05, 0) is 49.1 Å². The van der Waals surface area contributed by atoms with Gasteiger partial charge in [0.2, 0.25) is 5.91 Å². The molecule has 0 aliphatic carbocycles. The van der Waals surface area contributed by atoms with Gasteiger partial charge in [-0.15, -0.1) is 11.3 Å². The molecule has 0 radical (unpaired) electrons. The van der Waals surface area contributed by atoms with E-state index in [2.05, 4.69) is 40.9 Å². The average molecular weight is 404 g/mol. The van der Waals surface area contributed by atoms with Crippen molar-refractivity contribution in [2.24, 2.45) is 0 Å². The molecule has 1 aromatic carbocycles. The molecule has 0 spiro atoms. The van der Waals surface area contributed by atoms with Gasteiger partial charge in [0.1, 0.15) is 11.5 Å². The summed E-state index contributed by atoms with van der Waals surface area (Å²) in [4.78, 5) is 23.1. The van der Waals surface area contributed by atoms with Gasteiger partial charge in [-0.25, -0.2) is 4.98 Å². The number of aromatic nitrogens is 3. The third-order valence-corrected chi connectivity index (χ3v) is 6.08. The normalized spacial score (nSPS) is 15.9. The number of hydrogen-bond donors (Lipinski definition) is 2. The van der Waals surface area contributed by atoms with Crippen molar-refractivity contribution in [3.63, 3.8) is 0 Å². The van der Waals surface area contributed by atoms with Crippen LogP contribution in [0.5, 0.6) is 0 Å². The Hall–Kier alpha value is -3.19. The largest absolute Gasteiger partial charge is 0.365 e. The number of fused-ring (bicyclic) bond motifs is 2. The number of imidazole rings is 1. The van der Waals surface area contributed by atoms with Crippen LogP contribution < -0.4 is 10.6 Å². The molecule has 6 nitrogen and oxygen atoms in total. The lowest BCUT2D eigenvalue weighted by molar-refractivity contribution is -0.117. The van der Waals surface area contributed by atoms with E-state index in [0.29, 0.717) is 13.0 Å². The van der Waals surface area contributed by atoms with Gasteiger partial charge >= 0.3 is 0 Å². The Kier molecular flexibility index (Phi) is 4.32. The lowest BCUT2D eigenvalue weighted by Crippen LogP contribution is -2.29. The average Bonchev–Trinajstić information content (AvgIpc) is 3.33. The zero-order valence-corrected chi connectivity index (χ0v) is 17.1. The minimum absolute atomic E-state index is 0.0101. The third kappa shape index (κ3) is 3.27. The van der Waals surface area contributed by atoms with Gasteiger partial charge in [-0.2, -0.15) is 0 Å². The molecule has 0 bridgehead atoms. The molecule has 4 aromatic rings. The fourth-order valence-electron chi connectivity index (χ4n) is 3.83. The van der Waals surface area contributed by atoms with Crippen LogP contribution >= 0.6 is 11.3 Å². The van der Waals surface area contributed by atoms with Crippen LogP contribution in [0.25, 0.3) is 5.65 Å². The van der Waals surface area contributed by atoms with E-state index < -0.39 is 0 Å². The molecule has 1 aliphatic rings. The second kappa shape index (κ2) is 7.00. The molecule has 4 heterocycles. The van der Waals surface area contributed by atoms with Crippen LogP contribution in [0, 0.1) is 13.8 Å². The Balaban J connectivity index is 1.57. The summed E-state index contributed by atoms with van der Waals surface area (Å²) in [7, 11) is 0. The van der Waals surface area contributed by atoms with E-state index >= 15 is 0 Å². The van der Waals surface area contributed by atoms with Crippen molar-refractivity contribution in [1.29, 1.82) is 0 Å². The summed E-state index contributed by atoms with van der Waals surface area (Å²) in [5.41, 5.74) is 7.76. The Morgan fingerprint density at radius 3 is 2.93 bits per heavy atom. The third-order valence-electron chi connectivity index (χ3n) is 5.30. The summed E-state index contributed by atoms with van der Waals surface area (Å²) in [6.07, 6.45) is 4.55. The molecule has 5 rings (SSSR count). The maximum absolute atomic E-state index is 13.0. The highest BCUT2D eigenvalue weighted by atomic mass is 32.1. The molecule has 1 atom stereocenters. The molecule has 1 aliphatic heterocycles. The summed E-state index contributed by atoms with van der Waals surface area (Å²) in [6.45, 7) is 4.73. The first-order chi connectivity index (χ1) is 14.1. The van der Waals surface area contributed by atoms with Gasteiger partial charge in [0, 0.05) is 23.0 Å². The molecule has 0 fully saturated rings. The van der Waals surface area contributed by atoms with Crippen molar-refractivity contribution >= 4 is 34.4 Å². The number of nitrogens with zero attached hydrogens (tertiary/aromatic N) is 3. The smallest absolute Gasteiger partial charge is 0.234 e. The van der Waals surface area contributed by atoms with Gasteiger partial charge in [0.15, 0.2) is 0 Å². The standard InChI is InChI=1S/C22H21N5OS/c1-13-3-5-15-8-17(22(28)25-18(15)7-13)20-21(24-10-16-9-23-12-29-16)27-11-14(2)4-6-19(27)26-20/h3-7,9,11-12,17,24H,8,10H2,1-2H3,(H,25,28). The maximum atomic E-state index is 13.0. The number of benzene rings is 1. The lowest BCUT2D eigenvalue weighted by atomic mass is 9.90. The Bertz CT molecular complexity index is 1210. The van der Waals surface area contributed by atoms with E-state index in [0.717, 1.165) is 44.4 Å². The van der Waals surface area contributed by atoms with E-state index in [1.807, 2.05) is 41.2 Å². The molecular weight excluding hydrogens is 382 g/mol. The molecule has 3 aromatic heterocycles. The van der Waals surface area contributed by atoms with Crippen molar-refractivity contribution < 1.29 is 4.79 Å². The van der Waals surface area contributed by atoms with Crippen LogP contribution in [-0.4, -0.2) is 20.3 Å². The Labute approximate surface area is 172 Å². The predicted octanol–water partition coefficient (Wildman–Crippen LogP) is 4.30. The number of pyridine rings is 1. The quantitative estimate of drug-likeness (QED) is 0.533. The van der Waals surface area contributed by atoms with Gasteiger partial charge < -0.3 is 10.6 Å². The summed E-state index contributed by atoms with van der Waals surface area (Å²) >= 11 is 1.60. The van der Waals surface area contributed by atoms with Crippen LogP contribution in [0.2, 0.25) is 0 Å². The number of anilines is 2. The molecule has 1 unspecified atom stereocenters. The first-order valence-electron chi connectivity index (χ1n) is 9.59. The predicted molar refractivity (Wildman–Crippen MR) is 116 cm³/mol. The summed E-state index contributed by atoms with van der Waals surface area (Å²) in [5, 5.41) is 6.59. The SMILES string of the molecule is Cc1ccc2c(c1)NC(=O)C(c1nc3ccc(C)cn3c1NCc1cncs1)C2. The van der Waals surface area contributed by atoms with Gasteiger partial charge in [0.05, 0.1) is 23.7 Å². The summed E-state index contributed by atoms with van der Waals surface area (Å²) < 4.78 is 2.05. The molecule has 2 N–H and O–H groups in total. The van der Waals surface area contributed by atoms with Crippen molar-refractivity contribution in [3.8, 4) is 0 Å². The van der Waals surface area contributed by atoms with Crippen molar-refractivity contribution in [3.05, 3.63) is 75.5 Å². The minimum Gasteiger partial charge on any atom is -0.365 e. The first-order valence-corrected chi connectivity index (χ1v) is 10.5. The van der Waals surface area contributed by atoms with E-state index in [9.17, 15) is 4.79 Å². The van der Waals surface area contributed by atoms with E-state index in [4.69, 9.17) is 4.98 Å². The molecular formula is C22H21N5OS. The number of rotatable bonds is 4. The second-order valence-electron chi connectivity index (χ2n) is 7.51. The fraction of sp³-hybridized carbons (Fsp3) is 0.227. The summed E-state index contributed by atoms with van der Waals surface area (Å²) in [5.74, 6) is 0.520. The number of carbonyl (C=O) groups is 1. The molecule has 146 valence electrons. The van der Waals surface area contributed by atoms with Crippen molar-refractivity contribution in [2.45, 2.75) is 32.7 Å². The second-order valence-corrected chi connectivity index (χ2v) is 8.48. The molecule has 0 saturated heterocycles. The molecule has 0 saturated carbocycles. The van der Waals surface area contributed by atoms with E-state index in [1.54, 1.807) is 11.3 Å². The topological polar surface area (TPSA) is 71.3 Å². The number of thiazole rings is 1. The number of carbonyl (C=O) groups excluding carboxylic acids is 1. The highest BCUT2D eigenvalue weighted by Crippen LogP contribution is 2.35. The fourth-order valence-corrected chi connectivity index (χ4v) is 4.36. The van der Waals surface area contributed by atoms with E-state index in [1.165, 1.54) is 0 Å². The van der Waals surface area contributed by atoms with Gasteiger partial charge in [-0.3, -0.25) is 14.2 Å². The van der Waals surface area contributed by atoms with Gasteiger partial charge in [-0.1, -0.05) is 18.2 Å². The van der Waals surface area contributed by atoms with Crippen molar-refractivity contribution in [2.75, 3.05) is 10.6 Å². The van der Waals surface area contributed by atoms with Crippen LogP contribution in [0.1, 0.15) is 33.2 Å². The molecule has 29 heavy (non-hydrogen) atoms. The zero-order valence-electron chi connectivity index (χ0n) is 16.3. The number of hydrogen-bond acceptors (Lipinski definition) is 5. The monoisotopic (exact) mass is 403 g/mol. The lowest BCUT2D eigenvalue weighted by Gasteiger charge is -2.24. The minimum atomic E-state index is -0.339. The number of nitrogens with one attached hydrogen (secondary N) is 2. The highest BCUT2D eigenvalue weighted by Gasteiger charge is 2.32. The molecule has 1 amide bonds. The summed E-state index contributed by atoms with van der Waals surface area (Å²) in [6, 6.07) is 10.2. The van der Waals surface area contributed by atoms with Crippen LogP contribution in [-0.2, 0) is 17.8 Å². The van der Waals surface area contributed by atoms with Crippen LogP contribution in [0.3, 0.4) is 0 Å². The first kappa shape index (κ1) is 17.9. The Morgan fingerprint density at radius 1 is 1.24 bits per heavy atom. The highest BCUT2D eigenvalue weighted by molar-refractivity contribution is 7.09. The van der Waals surface area contributed by atoms with Gasteiger partial charge in [0.25, 0.3) is 0 Å². The van der Waals surface area contributed by atoms with E-state index in [-0.39, 0.29) is 11.8 Å². The van der Waals surface area contributed by atoms with Crippen molar-refractivity contribution in [1.82, 2.24) is 14.4 Å². The molecule has 7 heteroatoms. The Morgan fingerprint density at radius 2 is 2.10 bits per heavy atom. The van der Waals surface area contributed by atoms with Crippen LogP contribution in [0.4, 0.5) is 11.5 Å². The number of amides is 1. The number of aryl methyl sites for hydroxylation is 2. The zero-order chi connectivity index (χ0) is 20.0.